The molecule has 0 saturated carbocycles. The van der Waals surface area contributed by atoms with Gasteiger partial charge in [-0.1, -0.05) is 16.8 Å². The van der Waals surface area contributed by atoms with Crippen molar-refractivity contribution in [1.29, 1.82) is 0 Å². The van der Waals surface area contributed by atoms with E-state index in [0.29, 0.717) is 10.6 Å². The fraction of sp³-hybridized carbons (Fsp3) is 0.429. The van der Waals surface area contributed by atoms with E-state index in [1.165, 1.54) is 13.3 Å². The number of rotatable bonds is 4. The summed E-state index contributed by atoms with van der Waals surface area (Å²) in [5.41, 5.74) is -0.101. The van der Waals surface area contributed by atoms with Crippen LogP contribution < -0.4 is 0 Å². The molecule has 22 heavy (non-hydrogen) atoms. The Morgan fingerprint density at radius 1 is 1.41 bits per heavy atom. The number of hydrogen-bond donors (Lipinski definition) is 0. The van der Waals surface area contributed by atoms with Crippen LogP contribution in [0.1, 0.15) is 32.8 Å². The van der Waals surface area contributed by atoms with Crippen LogP contribution in [0.2, 0.25) is 5.02 Å². The number of halogens is 1. The first-order valence-electron chi connectivity index (χ1n) is 6.51. The van der Waals surface area contributed by atoms with Crippen molar-refractivity contribution in [2.75, 3.05) is 7.11 Å². The van der Waals surface area contributed by atoms with E-state index in [1.54, 1.807) is 33.0 Å². The number of nitrogens with zero attached hydrogens (tertiary/aromatic N) is 3. The van der Waals surface area contributed by atoms with Crippen LogP contribution in [0.5, 0.6) is 0 Å². The van der Waals surface area contributed by atoms with E-state index in [4.69, 9.17) is 25.6 Å². The first kappa shape index (κ1) is 16.4. The SMILES string of the molecule is COC(C(=O)OC(C)(C)C)c1nc(-c2ccncc2Cl)no1. The van der Waals surface area contributed by atoms with Gasteiger partial charge in [-0.3, -0.25) is 4.98 Å². The van der Waals surface area contributed by atoms with Gasteiger partial charge in [0.25, 0.3) is 5.89 Å². The highest BCUT2D eigenvalue weighted by atomic mass is 35.5. The van der Waals surface area contributed by atoms with E-state index < -0.39 is 17.7 Å². The van der Waals surface area contributed by atoms with Crippen LogP contribution in [0.4, 0.5) is 0 Å². The lowest BCUT2D eigenvalue weighted by Crippen LogP contribution is -2.28. The Bertz CT molecular complexity index is 666. The van der Waals surface area contributed by atoms with Crippen molar-refractivity contribution in [3.63, 3.8) is 0 Å². The molecule has 0 N–H and O–H groups in total. The quantitative estimate of drug-likeness (QED) is 0.798. The summed E-state index contributed by atoms with van der Waals surface area (Å²) in [6, 6.07) is 1.65. The molecule has 7 nitrogen and oxygen atoms in total. The van der Waals surface area contributed by atoms with Gasteiger partial charge in [-0.15, -0.1) is 0 Å². The van der Waals surface area contributed by atoms with Crippen LogP contribution in [0.15, 0.2) is 23.0 Å². The number of ether oxygens (including phenoxy) is 2. The third kappa shape index (κ3) is 3.80. The van der Waals surface area contributed by atoms with Crippen molar-refractivity contribution >= 4 is 17.6 Å². The lowest BCUT2D eigenvalue weighted by molar-refractivity contribution is -0.168. The number of carbonyl (C=O) groups is 1. The zero-order valence-electron chi connectivity index (χ0n) is 12.7. The fourth-order valence-electron chi connectivity index (χ4n) is 1.66. The van der Waals surface area contributed by atoms with E-state index in [2.05, 4.69) is 15.1 Å². The molecule has 2 aromatic heterocycles. The zero-order valence-corrected chi connectivity index (χ0v) is 13.4. The van der Waals surface area contributed by atoms with Gasteiger partial charge in [-0.25, -0.2) is 4.79 Å². The molecule has 118 valence electrons. The molecule has 0 aromatic carbocycles. The summed E-state index contributed by atoms with van der Waals surface area (Å²) in [5, 5.41) is 4.18. The van der Waals surface area contributed by atoms with Gasteiger partial charge in [0.05, 0.1) is 5.02 Å². The van der Waals surface area contributed by atoms with Gasteiger partial charge >= 0.3 is 5.97 Å². The van der Waals surface area contributed by atoms with Gasteiger partial charge < -0.3 is 14.0 Å². The van der Waals surface area contributed by atoms with Crippen molar-refractivity contribution in [3.8, 4) is 11.4 Å². The van der Waals surface area contributed by atoms with Gasteiger partial charge in [0.2, 0.25) is 11.9 Å². The summed E-state index contributed by atoms with van der Waals surface area (Å²) < 4.78 is 15.5. The van der Waals surface area contributed by atoms with E-state index >= 15 is 0 Å². The minimum atomic E-state index is -1.10. The summed E-state index contributed by atoms with van der Waals surface area (Å²) in [6.45, 7) is 5.27. The highest BCUT2D eigenvalue weighted by molar-refractivity contribution is 6.33. The van der Waals surface area contributed by atoms with Gasteiger partial charge in [0.15, 0.2) is 0 Å². The van der Waals surface area contributed by atoms with Gasteiger partial charge in [-0.05, 0) is 26.8 Å². The maximum Gasteiger partial charge on any atom is 0.345 e. The molecule has 0 saturated heterocycles. The summed E-state index contributed by atoms with van der Waals surface area (Å²) in [4.78, 5) is 20.1. The van der Waals surface area contributed by atoms with Crippen molar-refractivity contribution in [3.05, 3.63) is 29.4 Å². The van der Waals surface area contributed by atoms with Crippen LogP contribution in [0, 0.1) is 0 Å². The average molecular weight is 326 g/mol. The van der Waals surface area contributed by atoms with Crippen LogP contribution in [-0.2, 0) is 14.3 Å². The Hall–Kier alpha value is -1.99. The molecule has 1 unspecified atom stereocenters. The summed E-state index contributed by atoms with van der Waals surface area (Å²) >= 11 is 6.02. The monoisotopic (exact) mass is 325 g/mol. The Labute approximate surface area is 132 Å². The molecule has 0 spiro atoms. The number of carbonyl (C=O) groups excluding carboxylic acids is 1. The minimum Gasteiger partial charge on any atom is -0.458 e. The molecule has 8 heteroatoms. The van der Waals surface area contributed by atoms with Gasteiger partial charge in [0, 0.05) is 25.1 Å². The number of esters is 1. The Morgan fingerprint density at radius 3 is 2.73 bits per heavy atom. The molecule has 0 fully saturated rings. The largest absolute Gasteiger partial charge is 0.458 e. The summed E-state index contributed by atoms with van der Waals surface area (Å²) in [6.07, 6.45) is 1.93. The first-order chi connectivity index (χ1) is 10.3. The number of hydrogen-bond acceptors (Lipinski definition) is 7. The smallest absolute Gasteiger partial charge is 0.345 e. The van der Waals surface area contributed by atoms with Gasteiger partial charge in [-0.2, -0.15) is 4.98 Å². The molecule has 0 aliphatic rings. The highest BCUT2D eigenvalue weighted by Crippen LogP contribution is 2.27. The summed E-state index contributed by atoms with van der Waals surface area (Å²) in [7, 11) is 1.36. The van der Waals surface area contributed by atoms with Crippen molar-refractivity contribution < 1.29 is 18.8 Å². The number of pyridine rings is 1. The fourth-order valence-corrected chi connectivity index (χ4v) is 1.86. The molecular weight excluding hydrogens is 310 g/mol. The third-order valence-electron chi connectivity index (χ3n) is 2.54. The first-order valence-corrected chi connectivity index (χ1v) is 6.89. The Morgan fingerprint density at radius 2 is 2.14 bits per heavy atom. The van der Waals surface area contributed by atoms with E-state index in [0.717, 1.165) is 0 Å². The van der Waals surface area contributed by atoms with Gasteiger partial charge in [0.1, 0.15) is 5.60 Å². The number of methoxy groups -OCH3 is 1. The zero-order chi connectivity index (χ0) is 16.3. The predicted molar refractivity (Wildman–Crippen MR) is 78.1 cm³/mol. The van der Waals surface area contributed by atoms with Crippen molar-refractivity contribution in [2.24, 2.45) is 0 Å². The lowest BCUT2D eigenvalue weighted by atomic mass is 10.2. The second-order valence-corrected chi connectivity index (χ2v) is 5.87. The van der Waals surface area contributed by atoms with Crippen LogP contribution >= 0.6 is 11.6 Å². The highest BCUT2D eigenvalue weighted by Gasteiger charge is 2.31. The van der Waals surface area contributed by atoms with Crippen molar-refractivity contribution in [1.82, 2.24) is 15.1 Å². The minimum absolute atomic E-state index is 0.000344. The van der Waals surface area contributed by atoms with Crippen LogP contribution in [0.25, 0.3) is 11.4 Å². The molecule has 2 rings (SSSR count). The van der Waals surface area contributed by atoms with Crippen LogP contribution in [0.3, 0.4) is 0 Å². The predicted octanol–water partition coefficient (Wildman–Crippen LogP) is 2.81. The normalized spacial score (nSPS) is 13.0. The lowest BCUT2D eigenvalue weighted by Gasteiger charge is -2.21. The van der Waals surface area contributed by atoms with E-state index in [9.17, 15) is 4.79 Å². The second kappa shape index (κ2) is 6.41. The summed E-state index contributed by atoms with van der Waals surface area (Å²) in [5.74, 6) is -0.362. The van der Waals surface area contributed by atoms with Crippen molar-refractivity contribution in [2.45, 2.75) is 32.5 Å². The second-order valence-electron chi connectivity index (χ2n) is 5.46. The maximum atomic E-state index is 12.1. The standard InChI is InChI=1S/C14H16ClN3O4/c1-14(2,3)21-13(19)10(20-4)12-17-11(18-22-12)8-5-6-16-7-9(8)15/h5-7,10H,1-4H3. The molecule has 0 bridgehead atoms. The Kier molecular flexibility index (Phi) is 4.77. The molecule has 2 aromatic rings. The molecule has 1 atom stereocenters. The molecule has 0 radical (unpaired) electrons. The Balaban J connectivity index is 2.26. The number of aromatic nitrogens is 3. The molecule has 0 aliphatic heterocycles. The van der Waals surface area contributed by atoms with E-state index in [1.807, 2.05) is 0 Å². The molecule has 0 aliphatic carbocycles. The molecule has 2 heterocycles. The third-order valence-corrected chi connectivity index (χ3v) is 2.84. The topological polar surface area (TPSA) is 87.3 Å². The van der Waals surface area contributed by atoms with Crippen LogP contribution in [-0.4, -0.2) is 33.8 Å². The molecule has 0 amide bonds. The maximum absolute atomic E-state index is 12.1. The average Bonchev–Trinajstić information content (AvgIpc) is 2.87. The molecular formula is C14H16ClN3O4. The van der Waals surface area contributed by atoms with E-state index in [-0.39, 0.29) is 11.7 Å².